The highest BCUT2D eigenvalue weighted by atomic mass is 35.5. The van der Waals surface area contributed by atoms with Gasteiger partial charge in [0.15, 0.2) is 0 Å². The minimum Gasteiger partial charge on any atom is -0.444 e. The molecule has 25 heavy (non-hydrogen) atoms. The summed E-state index contributed by atoms with van der Waals surface area (Å²) >= 11 is 6.10. The van der Waals surface area contributed by atoms with Gasteiger partial charge in [0.2, 0.25) is 5.28 Å². The summed E-state index contributed by atoms with van der Waals surface area (Å²) in [6, 6.07) is 2.11. The van der Waals surface area contributed by atoms with Crippen molar-refractivity contribution < 1.29 is 9.53 Å². The van der Waals surface area contributed by atoms with Gasteiger partial charge in [-0.2, -0.15) is 0 Å². The molecule has 0 aliphatic carbocycles. The van der Waals surface area contributed by atoms with E-state index in [-0.39, 0.29) is 17.4 Å². The molecule has 6 nitrogen and oxygen atoms in total. The molecule has 1 fully saturated rings. The van der Waals surface area contributed by atoms with Crippen LogP contribution in [-0.2, 0) is 11.2 Å². The van der Waals surface area contributed by atoms with E-state index in [2.05, 4.69) is 21.8 Å². The summed E-state index contributed by atoms with van der Waals surface area (Å²) in [5.74, 6) is 0.839. The molecule has 1 atom stereocenters. The van der Waals surface area contributed by atoms with E-state index >= 15 is 0 Å². The van der Waals surface area contributed by atoms with Crippen LogP contribution in [0.5, 0.6) is 0 Å². The topological polar surface area (TPSA) is 58.6 Å². The van der Waals surface area contributed by atoms with Gasteiger partial charge in [-0.25, -0.2) is 14.8 Å². The van der Waals surface area contributed by atoms with Crippen LogP contribution >= 0.6 is 11.6 Å². The lowest BCUT2D eigenvalue weighted by Gasteiger charge is -2.28. The normalized spacial score (nSPS) is 17.7. The van der Waals surface area contributed by atoms with Gasteiger partial charge in [0.25, 0.3) is 0 Å². The summed E-state index contributed by atoms with van der Waals surface area (Å²) in [5, 5.41) is 0.285. The van der Waals surface area contributed by atoms with Crippen molar-refractivity contribution in [3.8, 4) is 0 Å². The van der Waals surface area contributed by atoms with Crippen LogP contribution < -0.4 is 4.90 Å². The van der Waals surface area contributed by atoms with Crippen LogP contribution in [-0.4, -0.2) is 52.7 Å². The van der Waals surface area contributed by atoms with Crippen molar-refractivity contribution >= 4 is 23.5 Å². The number of hydrogen-bond acceptors (Lipinski definition) is 5. The summed E-state index contributed by atoms with van der Waals surface area (Å²) in [6.07, 6.45) is 3.69. The standard InChI is InChI=1S/C18H29ClN4O2/c1-6-7-8-13-11-15(21-16(19)20-13)23-10-9-14(12-23)22(5)17(24)25-18(2,3)4/h11,14H,6-10,12H2,1-5H3. The molecule has 0 bridgehead atoms. The Kier molecular flexibility index (Phi) is 6.49. The average molecular weight is 369 g/mol. The third kappa shape index (κ3) is 5.73. The maximum atomic E-state index is 12.3. The van der Waals surface area contributed by atoms with Gasteiger partial charge in [0, 0.05) is 31.9 Å². The van der Waals surface area contributed by atoms with Gasteiger partial charge in [-0.3, -0.25) is 0 Å². The lowest BCUT2D eigenvalue weighted by molar-refractivity contribution is 0.0238. The Morgan fingerprint density at radius 1 is 1.44 bits per heavy atom. The molecule has 0 saturated carbocycles. The van der Waals surface area contributed by atoms with E-state index in [0.717, 1.165) is 50.3 Å². The van der Waals surface area contributed by atoms with Gasteiger partial charge in [0.05, 0.1) is 6.04 Å². The molecule has 1 aromatic heterocycles. The third-order valence-electron chi connectivity index (χ3n) is 4.24. The second kappa shape index (κ2) is 8.21. The van der Waals surface area contributed by atoms with E-state index in [4.69, 9.17) is 16.3 Å². The quantitative estimate of drug-likeness (QED) is 0.737. The summed E-state index contributed by atoms with van der Waals surface area (Å²) in [7, 11) is 1.79. The van der Waals surface area contributed by atoms with Crippen LogP contribution in [0.2, 0.25) is 5.28 Å². The second-order valence-corrected chi connectivity index (χ2v) is 7.91. The number of carbonyl (C=O) groups excluding carboxylic acids is 1. The number of amides is 1. The monoisotopic (exact) mass is 368 g/mol. The van der Waals surface area contributed by atoms with Crippen LogP contribution in [0.4, 0.5) is 10.6 Å². The van der Waals surface area contributed by atoms with Crippen molar-refractivity contribution in [2.24, 2.45) is 0 Å². The van der Waals surface area contributed by atoms with E-state index < -0.39 is 5.60 Å². The van der Waals surface area contributed by atoms with Gasteiger partial charge in [-0.1, -0.05) is 13.3 Å². The molecule has 2 heterocycles. The smallest absolute Gasteiger partial charge is 0.410 e. The zero-order chi connectivity index (χ0) is 18.6. The first kappa shape index (κ1) is 19.8. The third-order valence-corrected chi connectivity index (χ3v) is 4.41. The summed E-state index contributed by atoms with van der Waals surface area (Å²) in [4.78, 5) is 24.8. The Balaban J connectivity index is 2.02. The Morgan fingerprint density at radius 2 is 2.16 bits per heavy atom. The van der Waals surface area contributed by atoms with Crippen molar-refractivity contribution in [3.63, 3.8) is 0 Å². The van der Waals surface area contributed by atoms with E-state index in [9.17, 15) is 4.79 Å². The Bertz CT molecular complexity index is 603. The number of nitrogens with zero attached hydrogens (tertiary/aromatic N) is 4. The Labute approximate surface area is 155 Å². The van der Waals surface area contributed by atoms with Crippen LogP contribution in [0.3, 0.4) is 0 Å². The Hall–Kier alpha value is -1.56. The highest BCUT2D eigenvalue weighted by Gasteiger charge is 2.31. The number of rotatable bonds is 5. The highest BCUT2D eigenvalue weighted by molar-refractivity contribution is 6.28. The van der Waals surface area contributed by atoms with Crippen LogP contribution in [0.1, 0.15) is 52.7 Å². The minimum atomic E-state index is -0.488. The summed E-state index contributed by atoms with van der Waals surface area (Å²) in [5.41, 5.74) is 0.485. The van der Waals surface area contributed by atoms with Gasteiger partial charge >= 0.3 is 6.09 Å². The van der Waals surface area contributed by atoms with E-state index in [1.54, 1.807) is 11.9 Å². The van der Waals surface area contributed by atoms with E-state index in [1.807, 2.05) is 26.8 Å². The van der Waals surface area contributed by atoms with Crippen molar-refractivity contribution in [2.75, 3.05) is 25.0 Å². The van der Waals surface area contributed by atoms with Crippen molar-refractivity contribution in [3.05, 3.63) is 17.0 Å². The molecule has 1 amide bonds. The first-order valence-corrected chi connectivity index (χ1v) is 9.31. The fourth-order valence-electron chi connectivity index (χ4n) is 2.85. The van der Waals surface area contributed by atoms with Gasteiger partial charge in [-0.05, 0) is 51.6 Å². The van der Waals surface area contributed by atoms with Crippen LogP contribution in [0.15, 0.2) is 6.07 Å². The molecule has 140 valence electrons. The summed E-state index contributed by atoms with van der Waals surface area (Å²) < 4.78 is 5.46. The number of hydrogen-bond donors (Lipinski definition) is 0. The average Bonchev–Trinajstić information content (AvgIpc) is 3.00. The predicted octanol–water partition coefficient (Wildman–Crippen LogP) is 3.92. The maximum absolute atomic E-state index is 12.3. The van der Waals surface area contributed by atoms with Crippen molar-refractivity contribution in [2.45, 2.75) is 65.0 Å². The fraction of sp³-hybridized carbons (Fsp3) is 0.722. The predicted molar refractivity (Wildman–Crippen MR) is 100 cm³/mol. The minimum absolute atomic E-state index is 0.0997. The molecular formula is C18H29ClN4O2. The van der Waals surface area contributed by atoms with Gasteiger partial charge < -0.3 is 14.5 Å². The molecule has 1 aromatic rings. The number of aromatic nitrogens is 2. The Morgan fingerprint density at radius 3 is 2.80 bits per heavy atom. The molecule has 1 unspecified atom stereocenters. The van der Waals surface area contributed by atoms with Crippen LogP contribution in [0.25, 0.3) is 0 Å². The molecule has 2 rings (SSSR count). The molecule has 0 spiro atoms. The molecule has 1 aliphatic heterocycles. The number of unbranched alkanes of at least 4 members (excludes halogenated alkanes) is 1. The molecule has 0 N–H and O–H groups in total. The van der Waals surface area contributed by atoms with Gasteiger partial charge in [-0.15, -0.1) is 0 Å². The summed E-state index contributed by atoms with van der Waals surface area (Å²) in [6.45, 7) is 9.33. The van der Waals surface area contributed by atoms with Crippen molar-refractivity contribution in [1.82, 2.24) is 14.9 Å². The number of anilines is 1. The number of ether oxygens (including phenoxy) is 1. The fourth-order valence-corrected chi connectivity index (χ4v) is 3.04. The largest absolute Gasteiger partial charge is 0.444 e. The molecule has 0 radical (unpaired) electrons. The molecule has 0 aromatic carbocycles. The lowest BCUT2D eigenvalue weighted by atomic mass is 10.2. The van der Waals surface area contributed by atoms with E-state index in [1.165, 1.54) is 0 Å². The lowest BCUT2D eigenvalue weighted by Crippen LogP contribution is -2.42. The maximum Gasteiger partial charge on any atom is 0.410 e. The van der Waals surface area contributed by atoms with Crippen LogP contribution in [0, 0.1) is 0 Å². The first-order chi connectivity index (χ1) is 11.7. The number of likely N-dealkylation sites (N-methyl/N-ethyl adjacent to an activating group) is 1. The highest BCUT2D eigenvalue weighted by Crippen LogP contribution is 2.24. The zero-order valence-corrected chi connectivity index (χ0v) is 16.6. The van der Waals surface area contributed by atoms with Gasteiger partial charge in [0.1, 0.15) is 11.4 Å². The molecule has 7 heteroatoms. The number of aryl methyl sites for hydroxylation is 1. The first-order valence-electron chi connectivity index (χ1n) is 8.94. The van der Waals surface area contributed by atoms with E-state index in [0.29, 0.717) is 0 Å². The molecule has 1 saturated heterocycles. The molecular weight excluding hydrogens is 340 g/mol. The SMILES string of the molecule is CCCCc1cc(N2CCC(N(C)C(=O)OC(C)(C)C)C2)nc(Cl)n1. The second-order valence-electron chi connectivity index (χ2n) is 7.57. The molecule has 1 aliphatic rings. The number of halogens is 1. The van der Waals surface area contributed by atoms with Crippen molar-refractivity contribution in [1.29, 1.82) is 0 Å². The zero-order valence-electron chi connectivity index (χ0n) is 15.9. The number of carbonyl (C=O) groups is 1.